The van der Waals surface area contributed by atoms with Gasteiger partial charge in [-0.3, -0.25) is 14.5 Å². The highest BCUT2D eigenvalue weighted by Gasteiger charge is 2.20. The molecule has 6 aromatic heterocycles. The van der Waals surface area contributed by atoms with Crippen molar-refractivity contribution in [3.63, 3.8) is 0 Å². The van der Waals surface area contributed by atoms with Crippen molar-refractivity contribution in [2.75, 3.05) is 0 Å². The molecular formula is C42H25N5O. The minimum Gasteiger partial charge on any atom is -0.455 e. The summed E-state index contributed by atoms with van der Waals surface area (Å²) in [6, 6.07) is 43.7. The Labute approximate surface area is 274 Å². The van der Waals surface area contributed by atoms with Crippen molar-refractivity contribution in [3.8, 4) is 39.6 Å². The van der Waals surface area contributed by atoms with Crippen LogP contribution in [0.2, 0.25) is 0 Å². The second-order valence-electron chi connectivity index (χ2n) is 11.9. The lowest BCUT2D eigenvalue weighted by Gasteiger charge is -2.11. The van der Waals surface area contributed by atoms with Crippen molar-refractivity contribution in [2.24, 2.45) is 0 Å². The Kier molecular flexibility index (Phi) is 5.77. The molecule has 0 aliphatic rings. The first-order valence-corrected chi connectivity index (χ1v) is 15.9. The maximum absolute atomic E-state index is 6.55. The summed E-state index contributed by atoms with van der Waals surface area (Å²) in [5.74, 6) is 0.842. The molecule has 0 aliphatic carbocycles. The zero-order valence-electron chi connectivity index (χ0n) is 25.6. The minimum absolute atomic E-state index is 0.794. The van der Waals surface area contributed by atoms with Gasteiger partial charge in [0.2, 0.25) is 0 Å². The van der Waals surface area contributed by atoms with Crippen molar-refractivity contribution in [3.05, 3.63) is 152 Å². The van der Waals surface area contributed by atoms with Gasteiger partial charge >= 0.3 is 0 Å². The van der Waals surface area contributed by atoms with E-state index in [-0.39, 0.29) is 0 Å². The maximum atomic E-state index is 6.55. The van der Waals surface area contributed by atoms with Crippen LogP contribution in [0.4, 0.5) is 0 Å². The van der Waals surface area contributed by atoms with Crippen molar-refractivity contribution >= 4 is 54.5 Å². The first-order chi connectivity index (χ1) is 23.8. The van der Waals surface area contributed by atoms with Gasteiger partial charge in [-0.15, -0.1) is 0 Å². The fourth-order valence-corrected chi connectivity index (χ4v) is 6.99. The van der Waals surface area contributed by atoms with E-state index in [0.717, 1.165) is 83.3 Å². The number of furan rings is 1. The summed E-state index contributed by atoms with van der Waals surface area (Å²) in [5, 5.41) is 6.86. The Morgan fingerprint density at radius 3 is 2.23 bits per heavy atom. The number of benzene rings is 4. The van der Waals surface area contributed by atoms with E-state index >= 15 is 0 Å². The van der Waals surface area contributed by atoms with Gasteiger partial charge in [0.15, 0.2) is 0 Å². The SMILES string of the molecule is c1ccc(-c2cc(-c3ccc(-n4c5ccccc5c5c6c(ccc54)oc4c5ccccc5ccc46)nc3)cc(-c3cccnc3)n2)nc1. The number of hydrogen-bond acceptors (Lipinski definition) is 5. The number of rotatable bonds is 4. The van der Waals surface area contributed by atoms with Gasteiger partial charge in [0.1, 0.15) is 17.0 Å². The summed E-state index contributed by atoms with van der Waals surface area (Å²) in [6.07, 6.45) is 7.34. The molecule has 0 saturated carbocycles. The Bertz CT molecular complexity index is 2760. The van der Waals surface area contributed by atoms with Gasteiger partial charge in [0.25, 0.3) is 0 Å². The summed E-state index contributed by atoms with van der Waals surface area (Å²) in [7, 11) is 0. The number of nitrogens with zero attached hydrogens (tertiary/aromatic N) is 5. The number of fused-ring (bicyclic) bond motifs is 9. The molecule has 0 amide bonds. The summed E-state index contributed by atoms with van der Waals surface area (Å²) < 4.78 is 8.80. The van der Waals surface area contributed by atoms with Crippen molar-refractivity contribution in [1.82, 2.24) is 24.5 Å². The first kappa shape index (κ1) is 26.5. The number of pyridine rings is 4. The molecule has 224 valence electrons. The van der Waals surface area contributed by atoms with Gasteiger partial charge < -0.3 is 4.42 Å². The second kappa shape index (κ2) is 10.4. The van der Waals surface area contributed by atoms with Crippen LogP contribution >= 0.6 is 0 Å². The molecule has 10 rings (SSSR count). The first-order valence-electron chi connectivity index (χ1n) is 15.9. The molecule has 0 saturated heterocycles. The molecule has 0 radical (unpaired) electrons. The highest BCUT2D eigenvalue weighted by atomic mass is 16.3. The molecule has 4 aromatic carbocycles. The third-order valence-electron chi connectivity index (χ3n) is 9.18. The van der Waals surface area contributed by atoms with Crippen LogP contribution in [0.5, 0.6) is 0 Å². The molecule has 48 heavy (non-hydrogen) atoms. The van der Waals surface area contributed by atoms with Crippen LogP contribution in [0.3, 0.4) is 0 Å². The quantitative estimate of drug-likeness (QED) is 0.197. The van der Waals surface area contributed by atoms with Crippen LogP contribution in [0, 0.1) is 0 Å². The number of aromatic nitrogens is 5. The molecule has 10 aromatic rings. The lowest BCUT2D eigenvalue weighted by atomic mass is 10.0. The topological polar surface area (TPSA) is 69.6 Å². The van der Waals surface area contributed by atoms with Crippen molar-refractivity contribution in [2.45, 2.75) is 0 Å². The molecule has 6 heteroatoms. The van der Waals surface area contributed by atoms with Gasteiger partial charge in [-0.1, -0.05) is 54.6 Å². The Morgan fingerprint density at radius 2 is 1.38 bits per heavy atom. The highest BCUT2D eigenvalue weighted by Crippen LogP contribution is 2.42. The standard InChI is InChI=1S/C42H25N5O/c1-2-10-30-26(8-1)14-16-32-41-38(48-42(30)32)18-17-37-40(41)31-11-3-4-13-36(31)47(37)39-19-15-27(25-45-39)29-22-34(28-9-7-20-43-24-28)46-35(23-29)33-12-5-6-21-44-33/h1-25H. The summed E-state index contributed by atoms with van der Waals surface area (Å²) in [6.45, 7) is 0. The van der Waals surface area contributed by atoms with E-state index in [0.29, 0.717) is 0 Å². The van der Waals surface area contributed by atoms with E-state index in [4.69, 9.17) is 14.4 Å². The lowest BCUT2D eigenvalue weighted by Crippen LogP contribution is -1.98. The molecule has 0 aliphatic heterocycles. The fourth-order valence-electron chi connectivity index (χ4n) is 6.99. The number of hydrogen-bond donors (Lipinski definition) is 0. The van der Waals surface area contributed by atoms with E-state index in [9.17, 15) is 0 Å². The average molecular weight is 616 g/mol. The van der Waals surface area contributed by atoms with Crippen LogP contribution in [0.1, 0.15) is 0 Å². The molecule has 0 N–H and O–H groups in total. The third-order valence-corrected chi connectivity index (χ3v) is 9.18. The van der Waals surface area contributed by atoms with Crippen molar-refractivity contribution in [1.29, 1.82) is 0 Å². The highest BCUT2D eigenvalue weighted by molar-refractivity contribution is 6.29. The maximum Gasteiger partial charge on any atom is 0.143 e. The monoisotopic (exact) mass is 615 g/mol. The van der Waals surface area contributed by atoms with E-state index in [2.05, 4.69) is 112 Å². The zero-order chi connectivity index (χ0) is 31.6. The molecule has 0 atom stereocenters. The van der Waals surface area contributed by atoms with Crippen molar-refractivity contribution < 1.29 is 4.42 Å². The van der Waals surface area contributed by atoms with E-state index < -0.39 is 0 Å². The van der Waals surface area contributed by atoms with Gasteiger partial charge in [-0.25, -0.2) is 9.97 Å². The normalized spacial score (nSPS) is 11.8. The molecular weight excluding hydrogens is 590 g/mol. The van der Waals surface area contributed by atoms with E-state index in [1.54, 1.807) is 12.4 Å². The summed E-state index contributed by atoms with van der Waals surface area (Å²) in [5.41, 5.74) is 9.34. The largest absolute Gasteiger partial charge is 0.455 e. The van der Waals surface area contributed by atoms with E-state index in [1.165, 1.54) is 10.8 Å². The van der Waals surface area contributed by atoms with Crippen LogP contribution in [-0.2, 0) is 0 Å². The zero-order valence-corrected chi connectivity index (χ0v) is 25.6. The average Bonchev–Trinajstić information content (AvgIpc) is 3.71. The molecule has 0 fully saturated rings. The van der Waals surface area contributed by atoms with Crippen LogP contribution < -0.4 is 0 Å². The van der Waals surface area contributed by atoms with Crippen LogP contribution in [0.15, 0.2) is 157 Å². The Hall–Kier alpha value is -6.66. The predicted octanol–water partition coefficient (Wildman–Crippen LogP) is 10.4. The molecule has 0 spiro atoms. The lowest BCUT2D eigenvalue weighted by molar-refractivity contribution is 0.673. The summed E-state index contributed by atoms with van der Waals surface area (Å²) >= 11 is 0. The van der Waals surface area contributed by atoms with Gasteiger partial charge in [0, 0.05) is 62.8 Å². The van der Waals surface area contributed by atoms with Gasteiger partial charge in [-0.05, 0) is 83.7 Å². The fraction of sp³-hybridized carbons (Fsp3) is 0. The smallest absolute Gasteiger partial charge is 0.143 e. The minimum atomic E-state index is 0.794. The van der Waals surface area contributed by atoms with Crippen LogP contribution in [-0.4, -0.2) is 24.5 Å². The third kappa shape index (κ3) is 4.06. The number of para-hydroxylation sites is 1. The predicted molar refractivity (Wildman–Crippen MR) is 193 cm³/mol. The molecule has 6 nitrogen and oxygen atoms in total. The van der Waals surface area contributed by atoms with Gasteiger partial charge in [0.05, 0.1) is 28.1 Å². The summed E-state index contributed by atoms with van der Waals surface area (Å²) in [4.78, 5) is 18.9. The van der Waals surface area contributed by atoms with Gasteiger partial charge in [-0.2, -0.15) is 0 Å². The second-order valence-corrected chi connectivity index (χ2v) is 11.9. The van der Waals surface area contributed by atoms with Crippen LogP contribution in [0.25, 0.3) is 94.1 Å². The van der Waals surface area contributed by atoms with E-state index in [1.807, 2.05) is 42.7 Å². The Balaban J connectivity index is 1.15. The molecule has 0 bridgehead atoms. The molecule has 6 heterocycles. The molecule has 0 unspecified atom stereocenters. The Morgan fingerprint density at radius 1 is 0.500 bits per heavy atom.